The highest BCUT2D eigenvalue weighted by atomic mass is 16.2. The van der Waals surface area contributed by atoms with Gasteiger partial charge < -0.3 is 15.6 Å². The van der Waals surface area contributed by atoms with Crippen LogP contribution in [-0.4, -0.2) is 22.8 Å². The third kappa shape index (κ3) is 3.55. The molecule has 0 atom stereocenters. The molecule has 0 spiro atoms. The lowest BCUT2D eigenvalue weighted by atomic mass is 10.1. The minimum absolute atomic E-state index is 0.0576. The molecule has 3 rings (SSSR count). The molecular formula is C17H19N3O2. The molecule has 1 aliphatic carbocycles. The van der Waals surface area contributed by atoms with Crippen molar-refractivity contribution in [1.82, 2.24) is 10.3 Å². The van der Waals surface area contributed by atoms with E-state index in [9.17, 15) is 9.59 Å². The van der Waals surface area contributed by atoms with Gasteiger partial charge in [-0.15, -0.1) is 0 Å². The number of anilines is 1. The average molecular weight is 297 g/mol. The minimum atomic E-state index is -0.141. The number of carbonyl (C=O) groups is 2. The highest BCUT2D eigenvalue weighted by Gasteiger charge is 2.23. The molecule has 22 heavy (non-hydrogen) atoms. The van der Waals surface area contributed by atoms with Crippen molar-refractivity contribution in [2.45, 2.75) is 32.2 Å². The molecule has 5 nitrogen and oxygen atoms in total. The summed E-state index contributed by atoms with van der Waals surface area (Å²) in [5.41, 5.74) is 3.13. The molecule has 0 saturated heterocycles. The summed E-state index contributed by atoms with van der Waals surface area (Å²) >= 11 is 0. The van der Waals surface area contributed by atoms with E-state index in [4.69, 9.17) is 0 Å². The number of hydrogen-bond acceptors (Lipinski definition) is 2. The van der Waals surface area contributed by atoms with Gasteiger partial charge in [0.1, 0.15) is 0 Å². The zero-order valence-electron chi connectivity index (χ0n) is 12.5. The average Bonchev–Trinajstić information content (AvgIpc) is 3.19. The van der Waals surface area contributed by atoms with Gasteiger partial charge in [-0.2, -0.15) is 0 Å². The number of aromatic amines is 1. The predicted octanol–water partition coefficient (Wildman–Crippen LogP) is 2.40. The van der Waals surface area contributed by atoms with Gasteiger partial charge in [0.25, 0.3) is 5.91 Å². The summed E-state index contributed by atoms with van der Waals surface area (Å²) in [7, 11) is 0. The van der Waals surface area contributed by atoms with E-state index in [1.54, 1.807) is 12.3 Å². The smallest absolute Gasteiger partial charge is 0.257 e. The molecular weight excluding hydrogens is 278 g/mol. The molecule has 2 amide bonds. The molecule has 0 radical (unpaired) electrons. The lowest BCUT2D eigenvalue weighted by Crippen LogP contribution is -2.26. The van der Waals surface area contributed by atoms with Crippen molar-refractivity contribution in [3.63, 3.8) is 0 Å². The van der Waals surface area contributed by atoms with Gasteiger partial charge in [0, 0.05) is 23.6 Å². The molecule has 3 N–H and O–H groups in total. The first-order valence-corrected chi connectivity index (χ1v) is 7.45. The van der Waals surface area contributed by atoms with Crippen LogP contribution in [0.15, 0.2) is 36.5 Å². The molecule has 1 fully saturated rings. The standard InChI is InChI=1S/C17H19N3O2/c1-11-15(8-9-18-11)17(22)20-14-4-2-12(3-5-14)10-16(21)19-13-6-7-13/h2-5,8-9,13,18H,6-7,10H2,1H3,(H,19,21)(H,20,22). The highest BCUT2D eigenvalue weighted by Crippen LogP contribution is 2.19. The monoisotopic (exact) mass is 297 g/mol. The van der Waals surface area contributed by atoms with E-state index in [1.807, 2.05) is 31.2 Å². The third-order valence-electron chi connectivity index (χ3n) is 3.72. The number of rotatable bonds is 5. The molecule has 1 heterocycles. The van der Waals surface area contributed by atoms with Crippen LogP contribution in [0, 0.1) is 6.92 Å². The van der Waals surface area contributed by atoms with Crippen molar-refractivity contribution >= 4 is 17.5 Å². The summed E-state index contributed by atoms with van der Waals surface area (Å²) < 4.78 is 0. The number of hydrogen-bond donors (Lipinski definition) is 3. The number of benzene rings is 1. The Bertz CT molecular complexity index is 684. The second-order valence-electron chi connectivity index (χ2n) is 5.69. The fourth-order valence-corrected chi connectivity index (χ4v) is 2.29. The van der Waals surface area contributed by atoms with Crippen molar-refractivity contribution in [3.05, 3.63) is 53.3 Å². The summed E-state index contributed by atoms with van der Waals surface area (Å²) in [6.45, 7) is 1.86. The minimum Gasteiger partial charge on any atom is -0.365 e. The van der Waals surface area contributed by atoms with Gasteiger partial charge in [-0.1, -0.05) is 12.1 Å². The van der Waals surface area contributed by atoms with Crippen LogP contribution in [0.1, 0.15) is 34.5 Å². The Morgan fingerprint density at radius 1 is 1.18 bits per heavy atom. The zero-order chi connectivity index (χ0) is 15.5. The van der Waals surface area contributed by atoms with Crippen LogP contribution in [0.25, 0.3) is 0 Å². The summed E-state index contributed by atoms with van der Waals surface area (Å²) in [4.78, 5) is 26.8. The van der Waals surface area contributed by atoms with Crippen LogP contribution < -0.4 is 10.6 Å². The Morgan fingerprint density at radius 2 is 1.91 bits per heavy atom. The van der Waals surface area contributed by atoms with E-state index in [0.29, 0.717) is 18.0 Å². The number of H-pyrrole nitrogens is 1. The second kappa shape index (κ2) is 6.05. The first kappa shape index (κ1) is 14.4. The van der Waals surface area contributed by atoms with Crippen molar-refractivity contribution in [2.24, 2.45) is 0 Å². The van der Waals surface area contributed by atoms with Crippen LogP contribution in [0.5, 0.6) is 0 Å². The quantitative estimate of drug-likeness (QED) is 0.793. The molecule has 1 aromatic heterocycles. The van der Waals surface area contributed by atoms with Gasteiger partial charge in [-0.3, -0.25) is 9.59 Å². The van der Waals surface area contributed by atoms with Crippen molar-refractivity contribution < 1.29 is 9.59 Å². The maximum Gasteiger partial charge on any atom is 0.257 e. The molecule has 2 aromatic rings. The fourth-order valence-electron chi connectivity index (χ4n) is 2.29. The van der Waals surface area contributed by atoms with Gasteiger partial charge in [0.15, 0.2) is 0 Å². The molecule has 0 unspecified atom stereocenters. The SMILES string of the molecule is Cc1[nH]ccc1C(=O)Nc1ccc(CC(=O)NC2CC2)cc1. The largest absolute Gasteiger partial charge is 0.365 e. The van der Waals surface area contributed by atoms with E-state index in [0.717, 1.165) is 29.8 Å². The molecule has 0 bridgehead atoms. The Hall–Kier alpha value is -2.56. The number of aryl methyl sites for hydroxylation is 1. The van der Waals surface area contributed by atoms with Crippen molar-refractivity contribution in [3.8, 4) is 0 Å². The first-order valence-electron chi connectivity index (χ1n) is 7.45. The van der Waals surface area contributed by atoms with Crippen LogP contribution in [0.2, 0.25) is 0 Å². The molecule has 0 aliphatic heterocycles. The van der Waals surface area contributed by atoms with Crippen molar-refractivity contribution in [2.75, 3.05) is 5.32 Å². The molecule has 1 aromatic carbocycles. The van der Waals surface area contributed by atoms with Crippen LogP contribution in [-0.2, 0) is 11.2 Å². The normalized spacial score (nSPS) is 13.7. The van der Waals surface area contributed by atoms with E-state index in [2.05, 4.69) is 15.6 Å². The number of nitrogens with one attached hydrogen (secondary N) is 3. The number of carbonyl (C=O) groups excluding carboxylic acids is 2. The van der Waals surface area contributed by atoms with E-state index in [1.165, 1.54) is 0 Å². The Balaban J connectivity index is 1.58. The Kier molecular flexibility index (Phi) is 3.96. The highest BCUT2D eigenvalue weighted by molar-refractivity contribution is 6.05. The molecule has 1 saturated carbocycles. The van der Waals surface area contributed by atoms with Gasteiger partial charge in [-0.25, -0.2) is 0 Å². The lowest BCUT2D eigenvalue weighted by molar-refractivity contribution is -0.120. The Labute approximate surface area is 129 Å². The van der Waals surface area contributed by atoms with Gasteiger partial charge in [0.2, 0.25) is 5.91 Å². The van der Waals surface area contributed by atoms with Crippen LogP contribution in [0.3, 0.4) is 0 Å². The maximum atomic E-state index is 12.1. The van der Waals surface area contributed by atoms with Crippen molar-refractivity contribution in [1.29, 1.82) is 0 Å². The maximum absolute atomic E-state index is 12.1. The Morgan fingerprint density at radius 3 is 2.50 bits per heavy atom. The van der Waals surface area contributed by atoms with Crippen LogP contribution >= 0.6 is 0 Å². The fraction of sp³-hybridized carbons (Fsp3) is 0.294. The van der Waals surface area contributed by atoms with Gasteiger partial charge >= 0.3 is 0 Å². The van der Waals surface area contributed by atoms with Gasteiger partial charge in [0.05, 0.1) is 12.0 Å². The number of amides is 2. The van der Waals surface area contributed by atoms with E-state index in [-0.39, 0.29) is 11.8 Å². The van der Waals surface area contributed by atoms with Gasteiger partial charge in [-0.05, 0) is 43.5 Å². The van der Waals surface area contributed by atoms with E-state index >= 15 is 0 Å². The zero-order valence-corrected chi connectivity index (χ0v) is 12.5. The number of aromatic nitrogens is 1. The third-order valence-corrected chi connectivity index (χ3v) is 3.72. The van der Waals surface area contributed by atoms with E-state index < -0.39 is 0 Å². The lowest BCUT2D eigenvalue weighted by Gasteiger charge is -2.07. The summed E-state index contributed by atoms with van der Waals surface area (Å²) in [6, 6.07) is 9.51. The summed E-state index contributed by atoms with van der Waals surface area (Å²) in [5.74, 6) is -0.0831. The van der Waals surface area contributed by atoms with Crippen LogP contribution in [0.4, 0.5) is 5.69 Å². The molecule has 1 aliphatic rings. The molecule has 114 valence electrons. The second-order valence-corrected chi connectivity index (χ2v) is 5.69. The predicted molar refractivity (Wildman–Crippen MR) is 84.8 cm³/mol. The topological polar surface area (TPSA) is 74.0 Å². The summed E-state index contributed by atoms with van der Waals surface area (Å²) in [5, 5.41) is 5.81. The first-order chi connectivity index (χ1) is 10.6. The summed E-state index contributed by atoms with van der Waals surface area (Å²) in [6.07, 6.45) is 4.30. The molecule has 5 heteroatoms.